The van der Waals surface area contributed by atoms with E-state index in [4.69, 9.17) is 14.6 Å². The normalized spacial score (nSPS) is 10.1. The zero-order chi connectivity index (χ0) is 15.5. The van der Waals surface area contributed by atoms with Crippen LogP contribution >= 0.6 is 0 Å². The smallest absolute Gasteiger partial charge is 0.319 e. The summed E-state index contributed by atoms with van der Waals surface area (Å²) in [6.45, 7) is 1.82. The van der Waals surface area contributed by atoms with Gasteiger partial charge in [-0.05, 0) is 17.7 Å². The van der Waals surface area contributed by atoms with Gasteiger partial charge < -0.3 is 25.2 Å². The highest BCUT2D eigenvalue weighted by Gasteiger charge is 2.03. The number of urea groups is 1. The fourth-order valence-electron chi connectivity index (χ4n) is 1.54. The second-order valence-corrected chi connectivity index (χ2v) is 4.25. The minimum Gasteiger partial charge on any atom is -0.481 e. The Morgan fingerprint density at radius 1 is 1.14 bits per heavy atom. The molecule has 3 N–H and O–H groups in total. The third-order valence-electron chi connectivity index (χ3n) is 2.53. The molecule has 21 heavy (non-hydrogen) atoms. The van der Waals surface area contributed by atoms with Gasteiger partial charge in [0.05, 0.1) is 26.2 Å². The first-order valence-corrected chi connectivity index (χ1v) is 6.54. The summed E-state index contributed by atoms with van der Waals surface area (Å²) in [5.74, 6) is -0.887. The Morgan fingerprint density at radius 2 is 1.86 bits per heavy atom. The Morgan fingerprint density at radius 3 is 2.48 bits per heavy atom. The molecule has 0 aliphatic heterocycles. The number of ether oxygens (including phenoxy) is 2. The van der Waals surface area contributed by atoms with Gasteiger partial charge in [0.25, 0.3) is 0 Å². The molecule has 0 bridgehead atoms. The number of carboxylic acids is 1. The van der Waals surface area contributed by atoms with Crippen LogP contribution in [-0.4, -0.2) is 50.6 Å². The lowest BCUT2D eigenvalue weighted by atomic mass is 10.1. The van der Waals surface area contributed by atoms with E-state index in [9.17, 15) is 9.59 Å². The van der Waals surface area contributed by atoms with E-state index in [0.717, 1.165) is 0 Å². The van der Waals surface area contributed by atoms with E-state index < -0.39 is 5.97 Å². The average Bonchev–Trinajstić information content (AvgIpc) is 2.44. The van der Waals surface area contributed by atoms with Crippen molar-refractivity contribution in [1.82, 2.24) is 5.32 Å². The Hall–Kier alpha value is -2.12. The predicted octanol–water partition coefficient (Wildman–Crippen LogP) is 1.10. The molecule has 0 heterocycles. The number of amides is 2. The van der Waals surface area contributed by atoms with Gasteiger partial charge in [-0.3, -0.25) is 4.79 Å². The maximum absolute atomic E-state index is 11.6. The molecule has 0 saturated heterocycles. The van der Waals surface area contributed by atoms with Crippen molar-refractivity contribution in [2.24, 2.45) is 0 Å². The van der Waals surface area contributed by atoms with Crippen molar-refractivity contribution in [3.63, 3.8) is 0 Å². The molecule has 0 aliphatic carbocycles. The van der Waals surface area contributed by atoms with Gasteiger partial charge in [-0.25, -0.2) is 4.79 Å². The number of nitrogens with one attached hydrogen (secondary N) is 2. The van der Waals surface area contributed by atoms with E-state index in [1.54, 1.807) is 31.4 Å². The topological polar surface area (TPSA) is 96.9 Å². The van der Waals surface area contributed by atoms with Crippen LogP contribution < -0.4 is 10.6 Å². The van der Waals surface area contributed by atoms with Gasteiger partial charge in [-0.1, -0.05) is 12.1 Å². The second-order valence-electron chi connectivity index (χ2n) is 4.25. The van der Waals surface area contributed by atoms with Crippen molar-refractivity contribution < 1.29 is 24.2 Å². The van der Waals surface area contributed by atoms with E-state index in [2.05, 4.69) is 10.6 Å². The van der Waals surface area contributed by atoms with Crippen LogP contribution in [-0.2, 0) is 20.7 Å². The summed E-state index contributed by atoms with van der Waals surface area (Å²) >= 11 is 0. The molecule has 1 rings (SSSR count). The lowest BCUT2D eigenvalue weighted by Gasteiger charge is -2.08. The van der Waals surface area contributed by atoms with Gasteiger partial charge in [-0.2, -0.15) is 0 Å². The average molecular weight is 296 g/mol. The van der Waals surface area contributed by atoms with Gasteiger partial charge in [0.15, 0.2) is 0 Å². The van der Waals surface area contributed by atoms with Crippen LogP contribution in [0, 0.1) is 0 Å². The maximum Gasteiger partial charge on any atom is 0.319 e. The van der Waals surface area contributed by atoms with E-state index in [-0.39, 0.29) is 12.5 Å². The van der Waals surface area contributed by atoms with Crippen molar-refractivity contribution in [2.45, 2.75) is 6.42 Å². The van der Waals surface area contributed by atoms with E-state index in [0.29, 0.717) is 37.6 Å². The molecule has 0 fully saturated rings. The molecular formula is C14H20N2O5. The molecule has 0 aliphatic rings. The molecule has 0 atom stereocenters. The minimum atomic E-state index is -0.887. The number of benzene rings is 1. The third-order valence-corrected chi connectivity index (χ3v) is 2.53. The highest BCUT2D eigenvalue weighted by atomic mass is 16.5. The summed E-state index contributed by atoms with van der Waals surface area (Å²) in [7, 11) is 1.59. The molecule has 0 radical (unpaired) electrons. The molecule has 7 nitrogen and oxygen atoms in total. The largest absolute Gasteiger partial charge is 0.481 e. The maximum atomic E-state index is 11.6. The number of hydrogen-bond acceptors (Lipinski definition) is 4. The van der Waals surface area contributed by atoms with Crippen LogP contribution in [0.1, 0.15) is 5.56 Å². The van der Waals surface area contributed by atoms with Gasteiger partial charge in [0, 0.05) is 19.3 Å². The highest BCUT2D eigenvalue weighted by molar-refractivity contribution is 5.89. The van der Waals surface area contributed by atoms with Crippen LogP contribution in [0.25, 0.3) is 0 Å². The number of hydrogen-bond donors (Lipinski definition) is 3. The molecule has 1 aromatic rings. The van der Waals surface area contributed by atoms with Crippen molar-refractivity contribution >= 4 is 17.7 Å². The van der Waals surface area contributed by atoms with Gasteiger partial charge >= 0.3 is 12.0 Å². The third kappa shape index (κ3) is 7.91. The number of carbonyl (C=O) groups is 2. The first kappa shape index (κ1) is 16.9. The van der Waals surface area contributed by atoms with Crippen molar-refractivity contribution in [3.8, 4) is 0 Å². The number of rotatable bonds is 9. The number of aliphatic carboxylic acids is 1. The lowest BCUT2D eigenvalue weighted by Crippen LogP contribution is -2.31. The molecule has 0 unspecified atom stereocenters. The fourth-order valence-corrected chi connectivity index (χ4v) is 1.54. The first-order chi connectivity index (χ1) is 10.1. The summed E-state index contributed by atoms with van der Waals surface area (Å²) in [5.41, 5.74) is 1.28. The summed E-state index contributed by atoms with van der Waals surface area (Å²) in [4.78, 5) is 22.1. The second kappa shape index (κ2) is 9.73. The standard InChI is InChI=1S/C14H20N2O5/c1-20-8-9-21-7-6-15-14(19)16-12-4-2-11(3-5-12)10-13(17)18/h2-5H,6-10H2,1H3,(H,17,18)(H2,15,16,19). The molecule has 0 aromatic heterocycles. The number of carboxylic acid groups (broad SMARTS) is 1. The fraction of sp³-hybridized carbons (Fsp3) is 0.429. The van der Waals surface area contributed by atoms with Crippen LogP contribution in [0.15, 0.2) is 24.3 Å². The zero-order valence-corrected chi connectivity index (χ0v) is 11.9. The van der Waals surface area contributed by atoms with Crippen molar-refractivity contribution in [3.05, 3.63) is 29.8 Å². The van der Waals surface area contributed by atoms with Crippen LogP contribution in [0.3, 0.4) is 0 Å². The molecule has 2 amide bonds. The number of carbonyl (C=O) groups excluding carboxylic acids is 1. The van der Waals surface area contributed by atoms with Crippen LogP contribution in [0.4, 0.5) is 10.5 Å². The number of methoxy groups -OCH3 is 1. The first-order valence-electron chi connectivity index (χ1n) is 6.54. The lowest BCUT2D eigenvalue weighted by molar-refractivity contribution is -0.136. The summed E-state index contributed by atoms with van der Waals surface area (Å²) in [5, 5.41) is 13.9. The Kier molecular flexibility index (Phi) is 7.85. The molecule has 1 aromatic carbocycles. The SMILES string of the molecule is COCCOCCNC(=O)Nc1ccc(CC(=O)O)cc1. The summed E-state index contributed by atoms with van der Waals surface area (Å²) in [6, 6.07) is 6.31. The monoisotopic (exact) mass is 296 g/mol. The summed E-state index contributed by atoms with van der Waals surface area (Å²) in [6.07, 6.45) is -0.0364. The van der Waals surface area contributed by atoms with Crippen LogP contribution in [0.2, 0.25) is 0 Å². The Balaban J connectivity index is 2.23. The Bertz CT molecular complexity index is 447. The van der Waals surface area contributed by atoms with E-state index >= 15 is 0 Å². The van der Waals surface area contributed by atoms with Gasteiger partial charge in [-0.15, -0.1) is 0 Å². The van der Waals surface area contributed by atoms with Gasteiger partial charge in [0.1, 0.15) is 0 Å². The highest BCUT2D eigenvalue weighted by Crippen LogP contribution is 2.09. The molecule has 0 saturated carbocycles. The van der Waals surface area contributed by atoms with E-state index in [1.807, 2.05) is 0 Å². The molecule has 116 valence electrons. The van der Waals surface area contributed by atoms with Crippen molar-refractivity contribution in [2.75, 3.05) is 38.8 Å². The quantitative estimate of drug-likeness (QED) is 0.593. The minimum absolute atomic E-state index is 0.0364. The van der Waals surface area contributed by atoms with Gasteiger partial charge in [0.2, 0.25) is 0 Å². The molecule has 0 spiro atoms. The molecular weight excluding hydrogens is 276 g/mol. The van der Waals surface area contributed by atoms with Crippen LogP contribution in [0.5, 0.6) is 0 Å². The Labute approximate surface area is 123 Å². The van der Waals surface area contributed by atoms with Crippen molar-refractivity contribution in [1.29, 1.82) is 0 Å². The zero-order valence-electron chi connectivity index (χ0n) is 11.9. The predicted molar refractivity (Wildman–Crippen MR) is 77.5 cm³/mol. The molecule has 7 heteroatoms. The van der Waals surface area contributed by atoms with E-state index in [1.165, 1.54) is 0 Å². The number of anilines is 1. The summed E-state index contributed by atoms with van der Waals surface area (Å²) < 4.78 is 10.0.